The number of nitrogens with one attached hydrogen (secondary N) is 2. The first-order chi connectivity index (χ1) is 10.5. The Morgan fingerprint density at radius 1 is 1.26 bits per heavy atom. The molecular formula is C17H24ClN3O2. The van der Waals surface area contributed by atoms with Crippen LogP contribution in [0.5, 0.6) is 0 Å². The van der Waals surface area contributed by atoms with Crippen LogP contribution in [-0.4, -0.2) is 23.9 Å². The molecule has 2 aliphatic rings. The van der Waals surface area contributed by atoms with Gasteiger partial charge in [0.25, 0.3) is 0 Å². The van der Waals surface area contributed by atoms with Crippen molar-refractivity contribution in [1.29, 1.82) is 0 Å². The van der Waals surface area contributed by atoms with E-state index in [1.165, 1.54) is 12.8 Å². The zero-order valence-electron chi connectivity index (χ0n) is 13.3. The highest BCUT2D eigenvalue weighted by molar-refractivity contribution is 5.97. The van der Waals surface area contributed by atoms with Crippen molar-refractivity contribution in [2.45, 2.75) is 51.1 Å². The third-order valence-electron chi connectivity index (χ3n) is 4.83. The monoisotopic (exact) mass is 337 g/mol. The van der Waals surface area contributed by atoms with Crippen LogP contribution in [-0.2, 0) is 4.79 Å². The predicted octanol–water partition coefficient (Wildman–Crippen LogP) is 2.37. The number of benzene rings is 1. The van der Waals surface area contributed by atoms with E-state index in [-0.39, 0.29) is 18.3 Å². The number of piperidine rings is 1. The summed E-state index contributed by atoms with van der Waals surface area (Å²) in [7, 11) is 0. The average molecular weight is 338 g/mol. The van der Waals surface area contributed by atoms with Gasteiger partial charge in [0, 0.05) is 29.8 Å². The van der Waals surface area contributed by atoms with Crippen LogP contribution < -0.4 is 16.4 Å². The van der Waals surface area contributed by atoms with E-state index < -0.39 is 5.91 Å². The van der Waals surface area contributed by atoms with Crippen LogP contribution >= 0.6 is 12.4 Å². The Bertz CT molecular complexity index is 594. The van der Waals surface area contributed by atoms with Gasteiger partial charge in [-0.3, -0.25) is 9.59 Å². The molecule has 2 saturated heterocycles. The summed E-state index contributed by atoms with van der Waals surface area (Å²) in [6, 6.07) is 6.46. The van der Waals surface area contributed by atoms with Crippen molar-refractivity contribution in [3.05, 3.63) is 29.3 Å². The number of carbonyl (C=O) groups is 2. The summed E-state index contributed by atoms with van der Waals surface area (Å²) in [5.41, 5.74) is 7.26. The van der Waals surface area contributed by atoms with Crippen molar-refractivity contribution in [2.24, 2.45) is 11.7 Å². The van der Waals surface area contributed by atoms with E-state index in [0.29, 0.717) is 35.7 Å². The second-order valence-electron chi connectivity index (χ2n) is 6.62. The van der Waals surface area contributed by atoms with Gasteiger partial charge in [0.05, 0.1) is 0 Å². The minimum Gasteiger partial charge on any atom is -0.366 e. The molecule has 0 saturated carbocycles. The van der Waals surface area contributed by atoms with Crippen LogP contribution in [0, 0.1) is 12.8 Å². The molecule has 1 aromatic carbocycles. The van der Waals surface area contributed by atoms with Crippen molar-refractivity contribution >= 4 is 29.9 Å². The molecular weight excluding hydrogens is 314 g/mol. The molecule has 0 radical (unpaired) electrons. The maximum atomic E-state index is 12.2. The van der Waals surface area contributed by atoms with Crippen LogP contribution in [0.3, 0.4) is 0 Å². The average Bonchev–Trinajstić information content (AvgIpc) is 2.79. The first-order valence-corrected chi connectivity index (χ1v) is 7.97. The zero-order chi connectivity index (χ0) is 15.7. The quantitative estimate of drug-likeness (QED) is 0.788. The smallest absolute Gasteiger partial charge is 0.249 e. The Kier molecular flexibility index (Phi) is 5.65. The molecule has 0 spiro atoms. The molecule has 126 valence electrons. The van der Waals surface area contributed by atoms with E-state index in [1.54, 1.807) is 12.1 Å². The van der Waals surface area contributed by atoms with Gasteiger partial charge in [-0.05, 0) is 56.2 Å². The second-order valence-corrected chi connectivity index (χ2v) is 6.62. The van der Waals surface area contributed by atoms with Crippen molar-refractivity contribution in [3.63, 3.8) is 0 Å². The van der Waals surface area contributed by atoms with Crippen molar-refractivity contribution < 1.29 is 9.59 Å². The van der Waals surface area contributed by atoms with Gasteiger partial charge >= 0.3 is 0 Å². The van der Waals surface area contributed by atoms with Crippen molar-refractivity contribution in [1.82, 2.24) is 5.32 Å². The largest absolute Gasteiger partial charge is 0.366 e. The zero-order valence-corrected chi connectivity index (χ0v) is 14.1. The lowest BCUT2D eigenvalue weighted by Gasteiger charge is -2.28. The van der Waals surface area contributed by atoms with Gasteiger partial charge < -0.3 is 16.4 Å². The highest BCUT2D eigenvalue weighted by atomic mass is 35.5. The fraction of sp³-hybridized carbons (Fsp3) is 0.529. The van der Waals surface area contributed by atoms with Gasteiger partial charge in [-0.15, -0.1) is 12.4 Å². The summed E-state index contributed by atoms with van der Waals surface area (Å²) >= 11 is 0. The number of fused-ring (bicyclic) bond motifs is 2. The highest BCUT2D eigenvalue weighted by Gasteiger charge is 2.34. The van der Waals surface area contributed by atoms with Crippen LogP contribution in [0.25, 0.3) is 0 Å². The number of anilines is 1. The Morgan fingerprint density at radius 3 is 2.52 bits per heavy atom. The molecule has 0 aromatic heterocycles. The summed E-state index contributed by atoms with van der Waals surface area (Å²) in [5, 5.41) is 6.48. The van der Waals surface area contributed by atoms with Gasteiger partial charge in [0.2, 0.25) is 11.8 Å². The summed E-state index contributed by atoms with van der Waals surface area (Å²) in [5.74, 6) is 0.00825. The van der Waals surface area contributed by atoms with Gasteiger partial charge in [0.15, 0.2) is 0 Å². The fourth-order valence-electron chi connectivity index (χ4n) is 3.78. The van der Waals surface area contributed by atoms with E-state index >= 15 is 0 Å². The maximum absolute atomic E-state index is 12.2. The molecule has 2 fully saturated rings. The predicted molar refractivity (Wildman–Crippen MR) is 92.9 cm³/mol. The molecule has 2 amide bonds. The molecule has 2 atom stereocenters. The van der Waals surface area contributed by atoms with Gasteiger partial charge in [0.1, 0.15) is 0 Å². The molecule has 5 nitrogen and oxygen atoms in total. The number of hydrogen-bond donors (Lipinski definition) is 3. The summed E-state index contributed by atoms with van der Waals surface area (Å²) in [4.78, 5) is 23.6. The van der Waals surface area contributed by atoms with Crippen LogP contribution in [0.1, 0.15) is 48.0 Å². The standard InChI is InChI=1S/C17H23N3O2.ClH/c1-10-2-3-14(9-15(10)17(18)22)20-16(21)8-11-6-12-4-5-13(7-11)19-12;/h2-3,9,11-13,19H,4-8H2,1H3,(H2,18,22)(H,20,21);1H. The lowest BCUT2D eigenvalue weighted by molar-refractivity contribution is -0.117. The number of hydrogen-bond acceptors (Lipinski definition) is 3. The Hall–Kier alpha value is -1.59. The molecule has 2 aliphatic heterocycles. The Labute approximate surface area is 142 Å². The molecule has 23 heavy (non-hydrogen) atoms. The van der Waals surface area contributed by atoms with Gasteiger partial charge in [-0.25, -0.2) is 0 Å². The number of rotatable bonds is 4. The van der Waals surface area contributed by atoms with E-state index in [9.17, 15) is 9.59 Å². The van der Waals surface area contributed by atoms with Gasteiger partial charge in [-0.2, -0.15) is 0 Å². The van der Waals surface area contributed by atoms with Crippen molar-refractivity contribution in [2.75, 3.05) is 5.32 Å². The maximum Gasteiger partial charge on any atom is 0.249 e. The second kappa shape index (κ2) is 7.32. The fourth-order valence-corrected chi connectivity index (χ4v) is 3.78. The first kappa shape index (κ1) is 17.8. The first-order valence-electron chi connectivity index (χ1n) is 7.97. The lowest BCUT2D eigenvalue weighted by Crippen LogP contribution is -2.39. The molecule has 2 bridgehead atoms. The number of nitrogens with two attached hydrogens (primary N) is 1. The molecule has 2 unspecified atom stereocenters. The third-order valence-corrected chi connectivity index (χ3v) is 4.83. The normalized spacial score (nSPS) is 25.5. The number of primary amides is 1. The third kappa shape index (κ3) is 4.24. The topological polar surface area (TPSA) is 84.2 Å². The minimum absolute atomic E-state index is 0. The summed E-state index contributed by atoms with van der Waals surface area (Å²) in [6.07, 6.45) is 5.20. The van der Waals surface area contributed by atoms with E-state index in [2.05, 4.69) is 10.6 Å². The van der Waals surface area contributed by atoms with Crippen LogP contribution in [0.4, 0.5) is 5.69 Å². The number of aryl methyl sites for hydroxylation is 1. The number of halogens is 1. The van der Waals surface area contributed by atoms with Crippen LogP contribution in [0.15, 0.2) is 18.2 Å². The minimum atomic E-state index is -0.469. The van der Waals surface area contributed by atoms with Crippen LogP contribution in [0.2, 0.25) is 0 Å². The molecule has 2 heterocycles. The lowest BCUT2D eigenvalue weighted by atomic mass is 9.89. The Balaban J connectivity index is 0.00000192. The molecule has 6 heteroatoms. The van der Waals surface area contributed by atoms with Gasteiger partial charge in [-0.1, -0.05) is 6.07 Å². The summed E-state index contributed by atoms with van der Waals surface area (Å²) in [6.45, 7) is 1.83. The highest BCUT2D eigenvalue weighted by Crippen LogP contribution is 2.32. The molecule has 3 rings (SSSR count). The summed E-state index contributed by atoms with van der Waals surface area (Å²) < 4.78 is 0. The number of amides is 2. The molecule has 0 aliphatic carbocycles. The van der Waals surface area contributed by atoms with E-state index in [0.717, 1.165) is 18.4 Å². The van der Waals surface area contributed by atoms with E-state index in [4.69, 9.17) is 5.73 Å². The Morgan fingerprint density at radius 2 is 1.91 bits per heavy atom. The molecule has 4 N–H and O–H groups in total. The van der Waals surface area contributed by atoms with E-state index in [1.807, 2.05) is 13.0 Å². The number of carbonyl (C=O) groups excluding carboxylic acids is 2. The SMILES string of the molecule is Cc1ccc(NC(=O)CC2CC3CCC(C2)N3)cc1C(N)=O.Cl. The van der Waals surface area contributed by atoms with Crippen molar-refractivity contribution in [3.8, 4) is 0 Å². The molecule has 1 aromatic rings.